The SMILES string of the molecule is Cc1nn(C)c(CC(O)Cc2c(Cl)cccc2Cl)c1Br. The summed E-state index contributed by atoms with van der Waals surface area (Å²) in [6.07, 6.45) is 0.327. The van der Waals surface area contributed by atoms with E-state index in [-0.39, 0.29) is 0 Å². The molecule has 0 bridgehead atoms. The number of hydrogen-bond acceptors (Lipinski definition) is 2. The molecule has 0 spiro atoms. The molecule has 2 aromatic rings. The predicted molar refractivity (Wildman–Crippen MR) is 85.5 cm³/mol. The van der Waals surface area contributed by atoms with Gasteiger partial charge in [0, 0.05) is 29.9 Å². The summed E-state index contributed by atoms with van der Waals surface area (Å²) in [4.78, 5) is 0. The third-order valence-corrected chi connectivity index (χ3v) is 4.93. The van der Waals surface area contributed by atoms with Gasteiger partial charge in [0.05, 0.1) is 22.0 Å². The first kappa shape index (κ1) is 15.8. The van der Waals surface area contributed by atoms with Gasteiger partial charge in [-0.15, -0.1) is 0 Å². The van der Waals surface area contributed by atoms with Gasteiger partial charge in [0.25, 0.3) is 0 Å². The molecule has 108 valence electrons. The number of halogens is 3. The number of nitrogens with zero attached hydrogens (tertiary/aromatic N) is 2. The molecule has 0 aliphatic carbocycles. The van der Waals surface area contributed by atoms with Gasteiger partial charge in [-0.1, -0.05) is 29.3 Å². The van der Waals surface area contributed by atoms with Crippen LogP contribution in [0.5, 0.6) is 0 Å². The van der Waals surface area contributed by atoms with Crippen LogP contribution < -0.4 is 0 Å². The molecule has 2 rings (SSSR count). The highest BCUT2D eigenvalue weighted by molar-refractivity contribution is 9.10. The lowest BCUT2D eigenvalue weighted by molar-refractivity contribution is 0.172. The van der Waals surface area contributed by atoms with Crippen molar-refractivity contribution in [3.63, 3.8) is 0 Å². The summed E-state index contributed by atoms with van der Waals surface area (Å²) < 4.78 is 2.71. The lowest BCUT2D eigenvalue weighted by Crippen LogP contribution is -2.17. The predicted octanol–water partition coefficient (Wildman–Crippen LogP) is 3.94. The van der Waals surface area contributed by atoms with E-state index in [1.807, 2.05) is 14.0 Å². The average Bonchev–Trinajstić information content (AvgIpc) is 2.61. The molecular weight excluding hydrogens is 363 g/mol. The zero-order valence-electron chi connectivity index (χ0n) is 11.2. The molecule has 1 heterocycles. The highest BCUT2D eigenvalue weighted by atomic mass is 79.9. The van der Waals surface area contributed by atoms with Crippen LogP contribution in [-0.2, 0) is 19.9 Å². The number of hydrogen-bond donors (Lipinski definition) is 1. The minimum atomic E-state index is -0.571. The second kappa shape index (κ2) is 6.48. The summed E-state index contributed by atoms with van der Waals surface area (Å²) in [5.74, 6) is 0. The van der Waals surface area contributed by atoms with E-state index in [2.05, 4.69) is 21.0 Å². The Morgan fingerprint density at radius 2 is 1.90 bits per heavy atom. The Morgan fingerprint density at radius 3 is 2.40 bits per heavy atom. The number of aliphatic hydroxyl groups excluding tert-OH is 1. The molecule has 0 saturated heterocycles. The van der Waals surface area contributed by atoms with Crippen LogP contribution >= 0.6 is 39.1 Å². The van der Waals surface area contributed by atoms with Crippen molar-refractivity contribution in [2.24, 2.45) is 7.05 Å². The molecule has 0 amide bonds. The van der Waals surface area contributed by atoms with Crippen molar-refractivity contribution >= 4 is 39.1 Å². The quantitative estimate of drug-likeness (QED) is 0.876. The summed E-state index contributed by atoms with van der Waals surface area (Å²) in [5.41, 5.74) is 2.64. The van der Waals surface area contributed by atoms with Crippen LogP contribution in [0, 0.1) is 6.92 Å². The lowest BCUT2D eigenvalue weighted by Gasteiger charge is -2.13. The summed E-state index contributed by atoms with van der Waals surface area (Å²) in [5, 5.41) is 15.8. The van der Waals surface area contributed by atoms with Crippen LogP contribution in [0.1, 0.15) is 17.0 Å². The molecule has 0 aliphatic heterocycles. The molecule has 0 saturated carbocycles. The van der Waals surface area contributed by atoms with Gasteiger partial charge >= 0.3 is 0 Å². The molecule has 1 N–H and O–H groups in total. The summed E-state index contributed by atoms with van der Waals surface area (Å²) in [6.45, 7) is 1.92. The molecular formula is C14H15BrCl2N2O. The number of aromatic nitrogens is 2. The van der Waals surface area contributed by atoms with Crippen LogP contribution in [0.15, 0.2) is 22.7 Å². The van der Waals surface area contributed by atoms with E-state index in [1.54, 1.807) is 22.9 Å². The van der Waals surface area contributed by atoms with E-state index in [0.717, 1.165) is 21.4 Å². The molecule has 3 nitrogen and oxygen atoms in total. The Hall–Kier alpha value is -0.550. The van der Waals surface area contributed by atoms with Gasteiger partial charge < -0.3 is 5.11 Å². The van der Waals surface area contributed by atoms with Gasteiger partial charge in [-0.05, 0) is 40.5 Å². The van der Waals surface area contributed by atoms with E-state index < -0.39 is 6.10 Å². The molecule has 0 fully saturated rings. The number of aliphatic hydroxyl groups is 1. The minimum Gasteiger partial charge on any atom is -0.392 e. The standard InChI is InChI=1S/C14H15BrCl2N2O/c1-8-14(15)13(19(2)18-8)7-9(20)6-10-11(16)4-3-5-12(10)17/h3-5,9,20H,6-7H2,1-2H3. The van der Waals surface area contributed by atoms with Crippen molar-refractivity contribution < 1.29 is 5.11 Å². The molecule has 0 radical (unpaired) electrons. The van der Waals surface area contributed by atoms with E-state index in [0.29, 0.717) is 22.9 Å². The molecule has 1 aromatic carbocycles. The van der Waals surface area contributed by atoms with E-state index in [1.165, 1.54) is 0 Å². The van der Waals surface area contributed by atoms with Crippen molar-refractivity contribution in [2.45, 2.75) is 25.9 Å². The normalized spacial score (nSPS) is 12.7. The number of benzene rings is 1. The van der Waals surface area contributed by atoms with Crippen LogP contribution in [-0.4, -0.2) is 21.0 Å². The first-order valence-electron chi connectivity index (χ1n) is 6.19. The highest BCUT2D eigenvalue weighted by Crippen LogP contribution is 2.27. The van der Waals surface area contributed by atoms with Crippen molar-refractivity contribution in [1.82, 2.24) is 9.78 Å². The highest BCUT2D eigenvalue weighted by Gasteiger charge is 2.17. The molecule has 1 aromatic heterocycles. The average molecular weight is 378 g/mol. The van der Waals surface area contributed by atoms with Crippen LogP contribution in [0.3, 0.4) is 0 Å². The Labute approximate surface area is 136 Å². The fourth-order valence-corrected chi connectivity index (χ4v) is 3.21. The lowest BCUT2D eigenvalue weighted by atomic mass is 10.0. The van der Waals surface area contributed by atoms with Crippen molar-refractivity contribution in [3.05, 3.63) is 49.7 Å². The van der Waals surface area contributed by atoms with E-state index in [9.17, 15) is 5.11 Å². The second-order valence-corrected chi connectivity index (χ2v) is 6.34. The molecule has 20 heavy (non-hydrogen) atoms. The fraction of sp³-hybridized carbons (Fsp3) is 0.357. The molecule has 1 unspecified atom stereocenters. The van der Waals surface area contributed by atoms with Gasteiger partial charge in [0.15, 0.2) is 0 Å². The largest absolute Gasteiger partial charge is 0.392 e. The van der Waals surface area contributed by atoms with Crippen LogP contribution in [0.25, 0.3) is 0 Å². The Morgan fingerprint density at radius 1 is 1.30 bits per heavy atom. The summed E-state index contributed by atoms with van der Waals surface area (Å²) >= 11 is 15.7. The number of rotatable bonds is 4. The minimum absolute atomic E-state index is 0.412. The third kappa shape index (κ3) is 3.37. The number of aryl methyl sites for hydroxylation is 2. The summed E-state index contributed by atoms with van der Waals surface area (Å²) in [6, 6.07) is 5.35. The zero-order chi connectivity index (χ0) is 14.9. The van der Waals surface area contributed by atoms with Gasteiger partial charge in [-0.2, -0.15) is 5.10 Å². The second-order valence-electron chi connectivity index (χ2n) is 4.73. The smallest absolute Gasteiger partial charge is 0.0738 e. The Bertz CT molecular complexity index is 608. The zero-order valence-corrected chi connectivity index (χ0v) is 14.3. The third-order valence-electron chi connectivity index (χ3n) is 3.19. The maximum absolute atomic E-state index is 10.3. The van der Waals surface area contributed by atoms with Gasteiger partial charge in [-0.3, -0.25) is 4.68 Å². The maximum Gasteiger partial charge on any atom is 0.0738 e. The van der Waals surface area contributed by atoms with E-state index in [4.69, 9.17) is 23.2 Å². The first-order valence-corrected chi connectivity index (χ1v) is 7.74. The van der Waals surface area contributed by atoms with Gasteiger partial charge in [0.1, 0.15) is 0 Å². The molecule has 6 heteroatoms. The van der Waals surface area contributed by atoms with E-state index >= 15 is 0 Å². The van der Waals surface area contributed by atoms with Gasteiger partial charge in [-0.25, -0.2) is 0 Å². The Kier molecular flexibility index (Phi) is 5.13. The molecule has 1 atom stereocenters. The molecule has 0 aliphatic rings. The fourth-order valence-electron chi connectivity index (χ4n) is 2.16. The summed E-state index contributed by atoms with van der Waals surface area (Å²) in [7, 11) is 1.86. The van der Waals surface area contributed by atoms with Gasteiger partial charge in [0.2, 0.25) is 0 Å². The first-order chi connectivity index (χ1) is 9.40. The topological polar surface area (TPSA) is 38.0 Å². The van der Waals surface area contributed by atoms with Crippen molar-refractivity contribution in [3.8, 4) is 0 Å². The van der Waals surface area contributed by atoms with Crippen molar-refractivity contribution in [1.29, 1.82) is 0 Å². The van der Waals surface area contributed by atoms with Crippen LogP contribution in [0.2, 0.25) is 10.0 Å². The monoisotopic (exact) mass is 376 g/mol. The maximum atomic E-state index is 10.3. The Balaban J connectivity index is 2.15. The van der Waals surface area contributed by atoms with Crippen molar-refractivity contribution in [2.75, 3.05) is 0 Å². The van der Waals surface area contributed by atoms with Crippen LogP contribution in [0.4, 0.5) is 0 Å².